The molecule has 1 aliphatic carbocycles. The Morgan fingerprint density at radius 1 is 1.64 bits per heavy atom. The summed E-state index contributed by atoms with van der Waals surface area (Å²) in [5.74, 6) is -0.945. The monoisotopic (exact) mass is 303 g/mol. The van der Waals surface area contributed by atoms with Gasteiger partial charge < -0.3 is 5.11 Å². The highest BCUT2D eigenvalue weighted by atomic mass is 127. The molecule has 1 heterocycles. The number of carbonyl (C=O) groups is 1. The Balaban J connectivity index is 2.39. The lowest BCUT2D eigenvalue weighted by Gasteiger charge is -2.02. The highest BCUT2D eigenvalue weighted by molar-refractivity contribution is 14.1. The Labute approximate surface area is 95.7 Å². The van der Waals surface area contributed by atoms with Gasteiger partial charge in [0.2, 0.25) is 0 Å². The highest BCUT2D eigenvalue weighted by Crippen LogP contribution is 2.29. The molecule has 1 aliphatic rings. The SMILES string of the molecule is Cc1nc(I)cc2c1CC(C(=O)O)C2. The molecule has 0 amide bonds. The van der Waals surface area contributed by atoms with Crippen molar-refractivity contribution < 1.29 is 9.90 Å². The van der Waals surface area contributed by atoms with Crippen LogP contribution < -0.4 is 0 Å². The van der Waals surface area contributed by atoms with Crippen LogP contribution in [0.2, 0.25) is 0 Å². The molecule has 1 atom stereocenters. The molecule has 1 aromatic heterocycles. The maximum atomic E-state index is 10.8. The summed E-state index contributed by atoms with van der Waals surface area (Å²) in [6, 6.07) is 1.99. The molecular weight excluding hydrogens is 293 g/mol. The summed E-state index contributed by atoms with van der Waals surface area (Å²) >= 11 is 2.16. The van der Waals surface area contributed by atoms with E-state index in [0.29, 0.717) is 12.8 Å². The van der Waals surface area contributed by atoms with Gasteiger partial charge in [-0.25, -0.2) is 4.98 Å². The molecule has 1 unspecified atom stereocenters. The van der Waals surface area contributed by atoms with Crippen LogP contribution in [0, 0.1) is 16.5 Å². The second kappa shape index (κ2) is 3.49. The zero-order valence-electron chi connectivity index (χ0n) is 7.75. The summed E-state index contributed by atoms with van der Waals surface area (Å²) in [7, 11) is 0. The van der Waals surface area contributed by atoms with Gasteiger partial charge in [-0.1, -0.05) is 0 Å². The number of fused-ring (bicyclic) bond motifs is 1. The molecule has 1 N–H and O–H groups in total. The Morgan fingerprint density at radius 3 is 3.00 bits per heavy atom. The first-order chi connectivity index (χ1) is 6.58. The van der Waals surface area contributed by atoms with Gasteiger partial charge in [-0.2, -0.15) is 0 Å². The van der Waals surface area contributed by atoms with Crippen molar-refractivity contribution in [1.29, 1.82) is 0 Å². The van der Waals surface area contributed by atoms with Crippen LogP contribution >= 0.6 is 22.6 Å². The summed E-state index contributed by atoms with van der Waals surface area (Å²) < 4.78 is 0.949. The van der Waals surface area contributed by atoms with E-state index in [2.05, 4.69) is 27.6 Å². The molecule has 0 saturated carbocycles. The molecule has 14 heavy (non-hydrogen) atoms. The fourth-order valence-electron chi connectivity index (χ4n) is 1.94. The summed E-state index contributed by atoms with van der Waals surface area (Å²) in [5.41, 5.74) is 3.28. The lowest BCUT2D eigenvalue weighted by atomic mass is 10.1. The van der Waals surface area contributed by atoms with E-state index in [1.54, 1.807) is 0 Å². The van der Waals surface area contributed by atoms with Crippen molar-refractivity contribution in [3.05, 3.63) is 26.6 Å². The van der Waals surface area contributed by atoms with Crippen LogP contribution in [-0.4, -0.2) is 16.1 Å². The lowest BCUT2D eigenvalue weighted by Crippen LogP contribution is -2.13. The minimum absolute atomic E-state index is 0.247. The molecule has 0 spiro atoms. The first-order valence-corrected chi connectivity index (χ1v) is 5.53. The summed E-state index contributed by atoms with van der Waals surface area (Å²) in [4.78, 5) is 15.2. The summed E-state index contributed by atoms with van der Waals surface area (Å²) in [6.45, 7) is 1.95. The van der Waals surface area contributed by atoms with Crippen LogP contribution in [0.3, 0.4) is 0 Å². The Morgan fingerprint density at radius 2 is 2.36 bits per heavy atom. The van der Waals surface area contributed by atoms with Gasteiger partial charge in [-0.05, 0) is 59.5 Å². The molecule has 1 aromatic rings. The molecule has 0 bridgehead atoms. The number of rotatable bonds is 1. The minimum atomic E-state index is -0.699. The van der Waals surface area contributed by atoms with Crippen molar-refractivity contribution in [1.82, 2.24) is 4.98 Å². The van der Waals surface area contributed by atoms with Gasteiger partial charge >= 0.3 is 5.97 Å². The average Bonchev–Trinajstić information content (AvgIpc) is 2.47. The number of carboxylic acids is 1. The topological polar surface area (TPSA) is 50.2 Å². The Kier molecular flexibility index (Phi) is 2.47. The zero-order valence-corrected chi connectivity index (χ0v) is 9.91. The van der Waals surface area contributed by atoms with Crippen LogP contribution in [0.4, 0.5) is 0 Å². The number of nitrogens with zero attached hydrogens (tertiary/aromatic N) is 1. The van der Waals surface area contributed by atoms with Crippen molar-refractivity contribution in [2.24, 2.45) is 5.92 Å². The molecule has 0 aliphatic heterocycles. The van der Waals surface area contributed by atoms with Gasteiger partial charge in [0, 0.05) is 5.69 Å². The van der Waals surface area contributed by atoms with Gasteiger partial charge in [-0.15, -0.1) is 0 Å². The average molecular weight is 303 g/mol. The third-order valence-corrected chi connectivity index (χ3v) is 3.21. The minimum Gasteiger partial charge on any atom is -0.481 e. The normalized spacial score (nSPS) is 19.4. The molecule has 74 valence electrons. The van der Waals surface area contributed by atoms with Crippen molar-refractivity contribution in [2.45, 2.75) is 19.8 Å². The molecule has 2 rings (SSSR count). The maximum absolute atomic E-state index is 10.8. The van der Waals surface area contributed by atoms with Gasteiger partial charge in [0.25, 0.3) is 0 Å². The number of aryl methyl sites for hydroxylation is 1. The van der Waals surface area contributed by atoms with E-state index in [0.717, 1.165) is 20.5 Å². The largest absolute Gasteiger partial charge is 0.481 e. The summed E-state index contributed by atoms with van der Waals surface area (Å²) in [5, 5.41) is 8.92. The fourth-order valence-corrected chi connectivity index (χ4v) is 2.68. The van der Waals surface area contributed by atoms with E-state index < -0.39 is 5.97 Å². The highest BCUT2D eigenvalue weighted by Gasteiger charge is 2.28. The standard InChI is InChI=1S/C10H10INO2/c1-5-8-3-7(10(13)14)2-6(8)4-9(11)12-5/h4,7H,2-3H2,1H3,(H,13,14). The number of aromatic nitrogens is 1. The van der Waals surface area contributed by atoms with Crippen LogP contribution in [-0.2, 0) is 17.6 Å². The van der Waals surface area contributed by atoms with Crippen LogP contribution in [0.1, 0.15) is 16.8 Å². The molecule has 0 aromatic carbocycles. The van der Waals surface area contributed by atoms with E-state index in [4.69, 9.17) is 5.11 Å². The van der Waals surface area contributed by atoms with Crippen molar-refractivity contribution >= 4 is 28.6 Å². The quantitative estimate of drug-likeness (QED) is 0.636. The van der Waals surface area contributed by atoms with Crippen molar-refractivity contribution in [2.75, 3.05) is 0 Å². The maximum Gasteiger partial charge on any atom is 0.307 e. The van der Waals surface area contributed by atoms with E-state index in [-0.39, 0.29) is 5.92 Å². The predicted octanol–water partition coefficient (Wildman–Crippen LogP) is 1.79. The van der Waals surface area contributed by atoms with Crippen molar-refractivity contribution in [3.8, 4) is 0 Å². The third kappa shape index (κ3) is 1.63. The van der Waals surface area contributed by atoms with Crippen LogP contribution in [0.15, 0.2) is 6.07 Å². The van der Waals surface area contributed by atoms with Gasteiger partial charge in [0.05, 0.1) is 5.92 Å². The number of hydrogen-bond donors (Lipinski definition) is 1. The van der Waals surface area contributed by atoms with Gasteiger partial charge in [0.1, 0.15) is 3.70 Å². The first kappa shape index (κ1) is 9.89. The van der Waals surface area contributed by atoms with E-state index in [1.165, 1.54) is 0 Å². The van der Waals surface area contributed by atoms with Gasteiger partial charge in [0.15, 0.2) is 0 Å². The Hall–Kier alpha value is -0.650. The first-order valence-electron chi connectivity index (χ1n) is 4.45. The summed E-state index contributed by atoms with van der Waals surface area (Å²) in [6.07, 6.45) is 1.30. The second-order valence-corrected chi connectivity index (χ2v) is 4.72. The van der Waals surface area contributed by atoms with Crippen molar-refractivity contribution in [3.63, 3.8) is 0 Å². The molecule has 0 radical (unpaired) electrons. The van der Waals surface area contributed by atoms with Gasteiger partial charge in [-0.3, -0.25) is 4.79 Å². The molecule has 4 heteroatoms. The fraction of sp³-hybridized carbons (Fsp3) is 0.400. The van der Waals surface area contributed by atoms with E-state index >= 15 is 0 Å². The number of pyridine rings is 1. The Bertz CT molecular complexity index is 403. The van der Waals surface area contributed by atoms with E-state index in [1.807, 2.05) is 13.0 Å². The molecule has 3 nitrogen and oxygen atoms in total. The van der Waals surface area contributed by atoms with E-state index in [9.17, 15) is 4.79 Å². The molecule has 0 fully saturated rings. The van der Waals surface area contributed by atoms with Crippen LogP contribution in [0.5, 0.6) is 0 Å². The smallest absolute Gasteiger partial charge is 0.307 e. The number of carboxylic acid groups (broad SMARTS) is 1. The second-order valence-electron chi connectivity index (χ2n) is 3.61. The lowest BCUT2D eigenvalue weighted by molar-refractivity contribution is -0.141. The number of aliphatic carboxylic acids is 1. The number of hydrogen-bond acceptors (Lipinski definition) is 2. The zero-order chi connectivity index (χ0) is 10.3. The van der Waals surface area contributed by atoms with Crippen LogP contribution in [0.25, 0.3) is 0 Å². The predicted molar refractivity (Wildman–Crippen MR) is 60.2 cm³/mol. The third-order valence-electron chi connectivity index (χ3n) is 2.66. The number of halogens is 1. The molecule has 0 saturated heterocycles. The molecular formula is C10H10INO2.